The molecule has 0 aromatic heterocycles. The molecule has 0 spiro atoms. The number of rotatable bonds is 61. The summed E-state index contributed by atoms with van der Waals surface area (Å²) in [6.07, 6.45) is -40.9. The highest BCUT2D eigenvalue weighted by atomic mass is 16.8. The Morgan fingerprint density at radius 2 is 0.780 bits per heavy atom. The Bertz CT molecular complexity index is 3440. The topological polar surface area (TPSA) is 741 Å². The first kappa shape index (κ1) is 115. The molecule has 0 aromatic rings. The molecule has 766 valence electrons. The van der Waals surface area contributed by atoms with E-state index in [9.17, 15) is 151 Å². The number of nitrogens with one attached hydrogen (secondary N) is 4. The Morgan fingerprint density at radius 1 is 0.402 bits per heavy atom. The third kappa shape index (κ3) is 32.4. The maximum Gasteiger partial charge on any atom is 0.364 e. The van der Waals surface area contributed by atoms with Crippen LogP contribution in [0.3, 0.4) is 0 Å². The summed E-state index contributed by atoms with van der Waals surface area (Å²) in [5.74, 6) is -23.5. The van der Waals surface area contributed by atoms with Gasteiger partial charge in [0.1, 0.15) is 122 Å². The number of carboxylic acids is 3. The van der Waals surface area contributed by atoms with E-state index in [1.54, 1.807) is 0 Å². The quantitative estimate of drug-likeness (QED) is 0.0254. The number of hydrogen-bond acceptors (Lipinski definition) is 39. The summed E-state index contributed by atoms with van der Waals surface area (Å²) in [4.78, 5) is 107. The molecular weight excluding hydrogens is 1760 g/mol. The van der Waals surface area contributed by atoms with Gasteiger partial charge in [-0.1, -0.05) is 162 Å². The molecular formula is C86H150N4O42. The smallest absolute Gasteiger partial charge is 0.364 e. The Morgan fingerprint density at radius 3 is 1.18 bits per heavy atom. The van der Waals surface area contributed by atoms with Crippen molar-refractivity contribution in [2.45, 2.75) is 441 Å². The molecule has 4 amide bonds. The lowest BCUT2D eigenvalue weighted by Gasteiger charge is -2.53. The second-order valence-electron chi connectivity index (χ2n) is 35.7. The maximum absolute atomic E-state index is 14.4. The van der Waals surface area contributed by atoms with Crippen LogP contribution in [0, 0.1) is 5.92 Å². The van der Waals surface area contributed by atoms with Gasteiger partial charge in [0.25, 0.3) is 17.4 Å². The van der Waals surface area contributed by atoms with E-state index in [1.165, 1.54) is 57.8 Å². The zero-order chi connectivity index (χ0) is 98.1. The number of hydrogen-bond donors (Lipinski definition) is 26. The van der Waals surface area contributed by atoms with E-state index in [1.807, 2.05) is 0 Å². The Hall–Kier alpha value is -5.28. The minimum Gasteiger partial charge on any atom is -0.477 e. The molecule has 46 nitrogen and oxygen atoms in total. The zero-order valence-electron chi connectivity index (χ0n) is 76.1. The molecule has 0 radical (unpaired) electrons. The van der Waals surface area contributed by atoms with Gasteiger partial charge in [-0.05, 0) is 19.8 Å². The number of aliphatic hydroxyl groups is 19. The van der Waals surface area contributed by atoms with Gasteiger partial charge in [0, 0.05) is 58.8 Å². The first-order valence-corrected chi connectivity index (χ1v) is 46.4. The van der Waals surface area contributed by atoms with Crippen LogP contribution in [0.25, 0.3) is 0 Å². The molecule has 6 saturated heterocycles. The number of ether oxygens (including phenoxy) is 12. The van der Waals surface area contributed by atoms with E-state index in [0.29, 0.717) is 12.8 Å². The van der Waals surface area contributed by atoms with Gasteiger partial charge in [0.15, 0.2) is 18.9 Å². The molecule has 6 fully saturated rings. The first-order chi connectivity index (χ1) is 62.6. The number of unbranched alkanes of at least 4 members (excludes halogenated alkanes) is 22. The van der Waals surface area contributed by atoms with Gasteiger partial charge in [0.2, 0.25) is 23.6 Å². The number of aliphatic hydroxyl groups excluding tert-OH is 19. The summed E-state index contributed by atoms with van der Waals surface area (Å²) in [7, 11) is 0. The molecule has 3 unspecified atom stereocenters. The van der Waals surface area contributed by atoms with Gasteiger partial charge in [-0.3, -0.25) is 19.2 Å². The van der Waals surface area contributed by atoms with Crippen LogP contribution in [-0.2, 0) is 95.2 Å². The lowest BCUT2D eigenvalue weighted by Crippen LogP contribution is -2.72. The first-order valence-electron chi connectivity index (χ1n) is 46.4. The van der Waals surface area contributed by atoms with E-state index < -0.39 is 332 Å². The van der Waals surface area contributed by atoms with Gasteiger partial charge in [-0.15, -0.1) is 0 Å². The number of aliphatic carboxylic acids is 3. The van der Waals surface area contributed by atoms with E-state index in [0.717, 1.165) is 111 Å². The predicted molar refractivity (Wildman–Crippen MR) is 451 cm³/mol. The molecule has 132 heavy (non-hydrogen) atoms. The summed E-state index contributed by atoms with van der Waals surface area (Å²) in [6, 6.07) is -7.19. The molecule has 0 aliphatic carbocycles. The van der Waals surface area contributed by atoms with Crippen molar-refractivity contribution in [3.05, 3.63) is 0 Å². The van der Waals surface area contributed by atoms with Crippen molar-refractivity contribution in [3.8, 4) is 0 Å². The number of amides is 4. The molecule has 6 aliphatic rings. The molecule has 6 rings (SSSR count). The average molecular weight is 1910 g/mol. The second-order valence-corrected chi connectivity index (χ2v) is 35.7. The largest absolute Gasteiger partial charge is 0.477 e. The summed E-state index contributed by atoms with van der Waals surface area (Å²) in [5, 5.41) is 261. The molecule has 46 heteroatoms. The SMILES string of the molecule is CCCCCCCCCCCCCCC[C@@H](O)[C@H](CO[C@@H]1O[C@H](CO)[C@@H](O[C@@H]2O[C@H](CO)[C@H](O[C@@H]3O[C@H](CO)[C@H](O)[C@H](O)[C@H]3CC(C)=O)[C@H](O[C@]3(C(=O)O)C[C@H](O)[C@@H](NC(C)=O)C([C@H](O)[C@@H](CO)O[C@]4(C(=O)O)C[C@H](O)[C@@H](NC(C)=O)C([C@H](O)[C@@H](CO)O[C@]5(C(=O)O)C[C@H](O)[C@@H](NC(C)=O)C([C@H](O)[C@H](O)CO)O5)O4)O3)[C@H]2O)[C@H](O)[C@H]1O)NC(=O)CCCCCCCCCCCCC. The van der Waals surface area contributed by atoms with E-state index in [4.69, 9.17) is 56.8 Å². The third-order valence-corrected chi connectivity index (χ3v) is 25.1. The Balaban J connectivity index is 1.33. The Kier molecular flexibility index (Phi) is 49.6. The minimum absolute atomic E-state index is 0.106. The number of ketones is 1. The average Bonchev–Trinajstić information content (AvgIpc) is 0.742. The van der Waals surface area contributed by atoms with Crippen molar-refractivity contribution < 1.29 is 208 Å². The lowest BCUT2D eigenvalue weighted by atomic mass is 9.86. The molecule has 35 atom stereocenters. The van der Waals surface area contributed by atoms with Crippen LogP contribution < -0.4 is 21.3 Å². The number of carbonyl (C=O) groups excluding carboxylic acids is 5. The van der Waals surface area contributed by atoms with E-state index in [-0.39, 0.29) is 12.8 Å². The van der Waals surface area contributed by atoms with E-state index in [2.05, 4.69) is 35.1 Å². The molecule has 0 saturated carbocycles. The highest BCUT2D eigenvalue weighted by molar-refractivity contribution is 5.79. The molecule has 0 bridgehead atoms. The molecule has 6 aliphatic heterocycles. The molecule has 0 aromatic carbocycles. The second kappa shape index (κ2) is 56.7. The standard InChI is InChI=1S/C86H150N4O42/c1-7-9-11-13-15-17-19-20-22-23-25-27-29-31-50(101)49(90-60(106)32-30-28-26-24-21-18-16-14-12-10-8-2)43-121-79-70(113)69(112)72(58(41-95)123-79)125-80-71(114)77(73(59(42-96)124-80)126-78-48(33-44(3)97)64(107)66(109)55(38-92)122-78)132-86(83(119)120)36-53(104)63(89-47(6)100)76(131-86)68(111)57(40-94)128-85(82(117)118)35-52(103)62(88-46(5)99)75(130-85)67(110)56(39-93)127-84(81(115)116)34-51(102)61(87-45(4)98)74(129-84)65(108)54(105)37-91/h48-59,61-80,91-96,101-105,107-114H,7-43H2,1-6H3,(H,87,98)(H,88,99)(H,89,100)(H,90,106)(H,115,116)(H,117,118)(H,119,120)/t48-,49+,50-,51+,52+,53+,54-,55-,56-,57-,58-,59-,61-,62-,63-,64-,65-,66+,67-,68-,69-,70-,71-,72-,73+,74?,75?,76?,77-,78+,79-,80+,84-,85-,86+/m1/s1. The van der Waals surface area contributed by atoms with Crippen molar-refractivity contribution in [2.24, 2.45) is 5.92 Å². The van der Waals surface area contributed by atoms with Crippen LogP contribution in [0.1, 0.15) is 234 Å². The van der Waals surface area contributed by atoms with Crippen molar-refractivity contribution in [3.63, 3.8) is 0 Å². The van der Waals surface area contributed by atoms with Gasteiger partial charge >= 0.3 is 17.9 Å². The van der Waals surface area contributed by atoms with Gasteiger partial charge in [-0.25, -0.2) is 14.4 Å². The molecule has 26 N–H and O–H groups in total. The van der Waals surface area contributed by atoms with Crippen molar-refractivity contribution in [2.75, 3.05) is 46.2 Å². The summed E-state index contributed by atoms with van der Waals surface area (Å²) >= 11 is 0. The zero-order valence-corrected chi connectivity index (χ0v) is 76.1. The summed E-state index contributed by atoms with van der Waals surface area (Å²) < 4.78 is 71.9. The Labute approximate surface area is 766 Å². The van der Waals surface area contributed by atoms with Crippen LogP contribution in [0.2, 0.25) is 0 Å². The monoisotopic (exact) mass is 1910 g/mol. The van der Waals surface area contributed by atoms with Gasteiger partial charge in [-0.2, -0.15) is 0 Å². The van der Waals surface area contributed by atoms with Crippen LogP contribution in [0.5, 0.6) is 0 Å². The van der Waals surface area contributed by atoms with Crippen LogP contribution in [-0.4, -0.2) is 413 Å². The molecule has 6 heterocycles. The van der Waals surface area contributed by atoms with Crippen molar-refractivity contribution >= 4 is 47.3 Å². The van der Waals surface area contributed by atoms with Crippen LogP contribution in [0.15, 0.2) is 0 Å². The van der Waals surface area contributed by atoms with Crippen molar-refractivity contribution in [1.29, 1.82) is 0 Å². The maximum atomic E-state index is 14.4. The summed E-state index contributed by atoms with van der Waals surface area (Å²) in [6.45, 7) is -0.561. The van der Waals surface area contributed by atoms with Crippen LogP contribution in [0.4, 0.5) is 0 Å². The number of Topliss-reactive ketones (excluding diaryl/α,β-unsaturated/α-hetero) is 1. The predicted octanol–water partition coefficient (Wildman–Crippen LogP) is -4.76. The summed E-state index contributed by atoms with van der Waals surface area (Å²) in [5.41, 5.74) is 0. The van der Waals surface area contributed by atoms with Gasteiger partial charge < -0.3 is 195 Å². The highest BCUT2D eigenvalue weighted by Crippen LogP contribution is 2.45. The lowest BCUT2D eigenvalue weighted by molar-refractivity contribution is -0.404. The fourth-order valence-corrected chi connectivity index (χ4v) is 17.8. The normalized spacial score (nSPS) is 34.6. The number of carboxylic acid groups (broad SMARTS) is 3. The fourth-order valence-electron chi connectivity index (χ4n) is 17.8. The van der Waals surface area contributed by atoms with E-state index >= 15 is 0 Å². The van der Waals surface area contributed by atoms with Crippen LogP contribution >= 0.6 is 0 Å². The third-order valence-electron chi connectivity index (χ3n) is 25.1. The van der Waals surface area contributed by atoms with Crippen molar-refractivity contribution in [1.82, 2.24) is 21.3 Å². The fraction of sp³-hybridized carbons (Fsp3) is 0.907. The minimum atomic E-state index is -3.70. The number of carbonyl (C=O) groups is 8. The van der Waals surface area contributed by atoms with Gasteiger partial charge in [0.05, 0.1) is 101 Å². The highest BCUT2D eigenvalue weighted by Gasteiger charge is 2.65.